The quantitative estimate of drug-likeness (QED) is 0.325. The van der Waals surface area contributed by atoms with Crippen LogP contribution in [0.25, 0.3) is 0 Å². The number of benzene rings is 3. The van der Waals surface area contributed by atoms with Crippen molar-refractivity contribution in [3.8, 4) is 5.75 Å². The first-order valence-corrected chi connectivity index (χ1v) is 12.8. The zero-order chi connectivity index (χ0) is 24.1. The molecule has 0 radical (unpaired) electrons. The lowest BCUT2D eigenvalue weighted by molar-refractivity contribution is -0.384. The third-order valence-corrected chi connectivity index (χ3v) is 6.99. The zero-order valence-electron chi connectivity index (χ0n) is 17.5. The van der Waals surface area contributed by atoms with Crippen LogP contribution in [0.2, 0.25) is 0 Å². The van der Waals surface area contributed by atoms with Gasteiger partial charge in [0.15, 0.2) is 0 Å². The van der Waals surface area contributed by atoms with Crippen LogP contribution in [0.1, 0.15) is 12.5 Å². The SMILES string of the molecule is CCOc1ccc(NS(=O)(=O)c2ccc(NS(=O)(=O)Cc3cccc([N+](=O)[O-])c3)cc2)cc1. The monoisotopic (exact) mass is 491 g/mol. The minimum Gasteiger partial charge on any atom is -0.494 e. The van der Waals surface area contributed by atoms with Crippen LogP contribution in [-0.2, 0) is 25.8 Å². The first-order valence-electron chi connectivity index (χ1n) is 9.67. The summed E-state index contributed by atoms with van der Waals surface area (Å²) < 4.78 is 60.1. The van der Waals surface area contributed by atoms with E-state index in [1.54, 1.807) is 24.3 Å². The van der Waals surface area contributed by atoms with Gasteiger partial charge in [0.1, 0.15) is 5.75 Å². The molecule has 0 aliphatic heterocycles. The van der Waals surface area contributed by atoms with Crippen LogP contribution in [0.3, 0.4) is 0 Å². The number of anilines is 2. The van der Waals surface area contributed by atoms with Crippen LogP contribution < -0.4 is 14.2 Å². The second-order valence-corrected chi connectivity index (χ2v) is 10.3. The molecule has 0 amide bonds. The van der Waals surface area contributed by atoms with Crippen LogP contribution in [0.5, 0.6) is 5.75 Å². The second kappa shape index (κ2) is 9.88. The number of hydrogen-bond acceptors (Lipinski definition) is 7. The molecule has 3 aromatic carbocycles. The zero-order valence-corrected chi connectivity index (χ0v) is 19.1. The van der Waals surface area contributed by atoms with E-state index in [0.29, 0.717) is 18.0 Å². The Morgan fingerprint density at radius 1 is 0.879 bits per heavy atom. The summed E-state index contributed by atoms with van der Waals surface area (Å²) in [4.78, 5) is 10.2. The number of nitrogens with zero attached hydrogens (tertiary/aromatic N) is 1. The Morgan fingerprint density at radius 3 is 2.09 bits per heavy atom. The van der Waals surface area contributed by atoms with Crippen LogP contribution in [-0.4, -0.2) is 28.4 Å². The maximum Gasteiger partial charge on any atom is 0.269 e. The predicted octanol–water partition coefficient (Wildman–Crippen LogP) is 3.74. The summed E-state index contributed by atoms with van der Waals surface area (Å²) >= 11 is 0. The van der Waals surface area contributed by atoms with Gasteiger partial charge in [-0.05, 0) is 61.0 Å². The van der Waals surface area contributed by atoms with Crippen molar-refractivity contribution >= 4 is 37.1 Å². The van der Waals surface area contributed by atoms with E-state index in [1.807, 2.05) is 6.92 Å². The fourth-order valence-corrected chi connectivity index (χ4v) is 5.14. The van der Waals surface area contributed by atoms with Gasteiger partial charge < -0.3 is 4.74 Å². The van der Waals surface area contributed by atoms with Crippen molar-refractivity contribution in [2.24, 2.45) is 0 Å². The van der Waals surface area contributed by atoms with Gasteiger partial charge in [-0.25, -0.2) is 16.8 Å². The highest BCUT2D eigenvalue weighted by Crippen LogP contribution is 2.22. The van der Waals surface area contributed by atoms with Gasteiger partial charge in [-0.3, -0.25) is 19.6 Å². The molecule has 2 N–H and O–H groups in total. The van der Waals surface area contributed by atoms with E-state index in [2.05, 4.69) is 9.44 Å². The Kier molecular flexibility index (Phi) is 7.19. The van der Waals surface area contributed by atoms with E-state index >= 15 is 0 Å². The third kappa shape index (κ3) is 6.67. The highest BCUT2D eigenvalue weighted by Gasteiger charge is 2.17. The molecule has 0 unspecified atom stereocenters. The smallest absolute Gasteiger partial charge is 0.269 e. The van der Waals surface area contributed by atoms with Crippen LogP contribution >= 0.6 is 0 Å². The highest BCUT2D eigenvalue weighted by atomic mass is 32.2. The van der Waals surface area contributed by atoms with E-state index in [9.17, 15) is 26.9 Å². The minimum atomic E-state index is -3.89. The van der Waals surface area contributed by atoms with Crippen molar-refractivity contribution < 1.29 is 26.5 Å². The number of hydrogen-bond donors (Lipinski definition) is 2. The van der Waals surface area contributed by atoms with Gasteiger partial charge in [0, 0.05) is 23.5 Å². The van der Waals surface area contributed by atoms with Crippen molar-refractivity contribution in [1.29, 1.82) is 0 Å². The summed E-state index contributed by atoms with van der Waals surface area (Å²) in [5.74, 6) is 0.135. The molecule has 0 aromatic heterocycles. The number of non-ortho nitro benzene ring substituents is 1. The molecule has 0 bridgehead atoms. The number of ether oxygens (including phenoxy) is 1. The lowest BCUT2D eigenvalue weighted by Crippen LogP contribution is -2.16. The van der Waals surface area contributed by atoms with Gasteiger partial charge in [-0.2, -0.15) is 0 Å². The number of nitro groups is 1. The Hall–Kier alpha value is -3.64. The number of nitrogens with one attached hydrogen (secondary N) is 2. The molecule has 3 rings (SSSR count). The first kappa shape index (κ1) is 24.0. The molecule has 0 saturated carbocycles. The van der Waals surface area contributed by atoms with Gasteiger partial charge >= 0.3 is 0 Å². The second-order valence-electron chi connectivity index (χ2n) is 6.88. The predicted molar refractivity (Wildman–Crippen MR) is 124 cm³/mol. The van der Waals surface area contributed by atoms with Gasteiger partial charge in [0.2, 0.25) is 10.0 Å². The summed E-state index contributed by atoms with van der Waals surface area (Å²) in [5.41, 5.74) is 0.536. The van der Waals surface area contributed by atoms with Crippen molar-refractivity contribution in [3.63, 3.8) is 0 Å². The number of sulfonamides is 2. The molecule has 33 heavy (non-hydrogen) atoms. The van der Waals surface area contributed by atoms with Crippen molar-refractivity contribution in [1.82, 2.24) is 0 Å². The van der Waals surface area contributed by atoms with Crippen LogP contribution in [0.4, 0.5) is 17.1 Å². The lowest BCUT2D eigenvalue weighted by Gasteiger charge is -2.11. The maximum absolute atomic E-state index is 12.6. The van der Waals surface area contributed by atoms with Crippen molar-refractivity contribution in [3.05, 3.63) is 88.5 Å². The average Bonchev–Trinajstić information content (AvgIpc) is 2.75. The fourth-order valence-electron chi connectivity index (χ4n) is 2.90. The van der Waals surface area contributed by atoms with E-state index in [1.165, 1.54) is 48.5 Å². The van der Waals surface area contributed by atoms with Gasteiger partial charge in [0.25, 0.3) is 15.7 Å². The van der Waals surface area contributed by atoms with Crippen molar-refractivity contribution in [2.75, 3.05) is 16.1 Å². The minimum absolute atomic E-state index is 0.0574. The van der Waals surface area contributed by atoms with Gasteiger partial charge in [-0.1, -0.05) is 12.1 Å². The third-order valence-electron chi connectivity index (χ3n) is 4.33. The fraction of sp³-hybridized carbons (Fsp3) is 0.143. The highest BCUT2D eigenvalue weighted by molar-refractivity contribution is 7.92. The van der Waals surface area contributed by atoms with Gasteiger partial charge in [-0.15, -0.1) is 0 Å². The van der Waals surface area contributed by atoms with Crippen molar-refractivity contribution in [2.45, 2.75) is 17.6 Å². The lowest BCUT2D eigenvalue weighted by atomic mass is 10.2. The molecule has 12 heteroatoms. The molecule has 10 nitrogen and oxygen atoms in total. The van der Waals surface area contributed by atoms with E-state index < -0.39 is 30.7 Å². The molecule has 0 heterocycles. The van der Waals surface area contributed by atoms with E-state index in [-0.39, 0.29) is 21.8 Å². The number of rotatable bonds is 10. The Labute approximate surface area is 191 Å². The Morgan fingerprint density at radius 2 is 1.48 bits per heavy atom. The number of nitro benzene ring substituents is 1. The van der Waals surface area contributed by atoms with Crippen LogP contribution in [0, 0.1) is 10.1 Å². The molecule has 0 saturated heterocycles. The van der Waals surface area contributed by atoms with E-state index in [0.717, 1.165) is 0 Å². The van der Waals surface area contributed by atoms with Gasteiger partial charge in [0.05, 0.1) is 22.2 Å². The summed E-state index contributed by atoms with van der Waals surface area (Å²) in [5, 5.41) is 10.9. The standard InChI is InChI=1S/C21H21N3O7S2/c1-2-31-20-10-6-18(7-11-20)23-33(29,30)21-12-8-17(9-13-21)22-32(27,28)15-16-4-3-5-19(14-16)24(25)26/h3-14,22-23H,2,15H2,1H3. The summed E-state index contributed by atoms with van der Waals surface area (Å²) in [7, 11) is -7.78. The summed E-state index contributed by atoms with van der Waals surface area (Å²) in [6.07, 6.45) is 0. The molecular formula is C21H21N3O7S2. The largest absolute Gasteiger partial charge is 0.494 e. The maximum atomic E-state index is 12.6. The normalized spacial score (nSPS) is 11.5. The molecule has 0 fully saturated rings. The van der Waals surface area contributed by atoms with Crippen LogP contribution in [0.15, 0.2) is 77.7 Å². The molecule has 0 aliphatic carbocycles. The average molecular weight is 492 g/mol. The topological polar surface area (TPSA) is 145 Å². The molecule has 0 spiro atoms. The van der Waals surface area contributed by atoms with E-state index in [4.69, 9.17) is 4.74 Å². The Balaban J connectivity index is 1.68. The molecule has 3 aromatic rings. The summed E-state index contributed by atoms with van der Waals surface area (Å²) in [6, 6.07) is 16.9. The first-order chi connectivity index (χ1) is 15.6. The molecule has 0 aliphatic rings. The Bertz CT molecular complexity index is 1340. The summed E-state index contributed by atoms with van der Waals surface area (Å²) in [6.45, 7) is 2.33. The molecule has 174 valence electrons. The molecular weight excluding hydrogens is 470 g/mol. The molecule has 0 atom stereocenters.